The van der Waals surface area contributed by atoms with Crippen LogP contribution in [0.2, 0.25) is 0 Å². The first-order valence-electron chi connectivity index (χ1n) is 13.6. The van der Waals surface area contributed by atoms with E-state index < -0.39 is 46.9 Å². The fourth-order valence-corrected chi connectivity index (χ4v) is 6.14. The number of thioether (sulfide) groups is 1. The van der Waals surface area contributed by atoms with E-state index in [1.165, 1.54) is 31.0 Å². The number of rotatable bonds is 6. The number of allylic oxidation sites excluding steroid dienone is 1. The highest BCUT2D eigenvalue weighted by Gasteiger charge is 2.39. The van der Waals surface area contributed by atoms with Crippen molar-refractivity contribution in [2.75, 3.05) is 30.0 Å². The van der Waals surface area contributed by atoms with E-state index in [-0.39, 0.29) is 11.8 Å². The number of nitrogens with zero attached hydrogens (tertiary/aromatic N) is 2. The Bertz CT molecular complexity index is 1670. The maximum atomic E-state index is 13.8. The van der Waals surface area contributed by atoms with Gasteiger partial charge in [0.15, 0.2) is 5.17 Å². The number of halogens is 6. The van der Waals surface area contributed by atoms with E-state index in [1.54, 1.807) is 43.3 Å². The Morgan fingerprint density at radius 3 is 2.27 bits per heavy atom. The molecule has 1 fully saturated rings. The van der Waals surface area contributed by atoms with Crippen LogP contribution < -0.4 is 15.4 Å². The Hall–Kier alpha value is -4.46. The van der Waals surface area contributed by atoms with Gasteiger partial charge in [0, 0.05) is 23.5 Å². The summed E-state index contributed by atoms with van der Waals surface area (Å²) in [4.78, 5) is 33.4. The van der Waals surface area contributed by atoms with Gasteiger partial charge in [-0.05, 0) is 61.4 Å². The van der Waals surface area contributed by atoms with E-state index in [1.807, 2.05) is 4.90 Å². The second-order valence-electron chi connectivity index (χ2n) is 10.2. The number of alkyl halides is 6. The maximum absolute atomic E-state index is 13.8. The van der Waals surface area contributed by atoms with Crippen LogP contribution in [0.15, 0.2) is 83.0 Å². The number of aliphatic imine (C=N–C) groups is 1. The van der Waals surface area contributed by atoms with Crippen molar-refractivity contribution >= 4 is 40.1 Å². The summed E-state index contributed by atoms with van der Waals surface area (Å²) in [6, 6.07) is 13.2. The number of carbonyl (C=O) groups excluding carboxylic acids is 2. The van der Waals surface area contributed by atoms with Gasteiger partial charge in [0.1, 0.15) is 5.75 Å². The number of nitrogens with one attached hydrogen (secondary N) is 2. The first-order chi connectivity index (χ1) is 21.3. The molecular formula is C31H26F6N4O3S. The molecule has 1 unspecified atom stereocenters. The van der Waals surface area contributed by atoms with Crippen LogP contribution in [0.4, 0.5) is 37.7 Å². The Kier molecular flexibility index (Phi) is 8.88. The third kappa shape index (κ3) is 6.95. The zero-order chi connectivity index (χ0) is 32.5. The number of fused-ring (bicyclic) bond motifs is 1. The quantitative estimate of drug-likeness (QED) is 0.267. The molecule has 0 bridgehead atoms. The van der Waals surface area contributed by atoms with E-state index >= 15 is 0 Å². The molecule has 1 atom stereocenters. The lowest BCUT2D eigenvalue weighted by molar-refractivity contribution is -0.143. The molecular weight excluding hydrogens is 622 g/mol. The predicted molar refractivity (Wildman–Crippen MR) is 159 cm³/mol. The molecule has 1 saturated heterocycles. The average molecular weight is 649 g/mol. The molecule has 14 heteroatoms. The molecule has 0 spiro atoms. The van der Waals surface area contributed by atoms with Crippen LogP contribution in [0, 0.1) is 0 Å². The summed E-state index contributed by atoms with van der Waals surface area (Å²) >= 11 is 1.53. The number of ether oxygens (including phenoxy) is 1. The van der Waals surface area contributed by atoms with Crippen LogP contribution in [0.3, 0.4) is 0 Å². The van der Waals surface area contributed by atoms with E-state index in [2.05, 4.69) is 15.6 Å². The van der Waals surface area contributed by atoms with E-state index in [9.17, 15) is 35.9 Å². The third-order valence-electron chi connectivity index (χ3n) is 7.17. The van der Waals surface area contributed by atoms with Crippen LogP contribution in [0.5, 0.6) is 5.75 Å². The Morgan fingerprint density at radius 1 is 0.911 bits per heavy atom. The van der Waals surface area contributed by atoms with Crippen molar-refractivity contribution in [3.8, 4) is 5.75 Å². The fourth-order valence-electron chi connectivity index (χ4n) is 5.12. The van der Waals surface area contributed by atoms with Gasteiger partial charge in [-0.15, -0.1) is 0 Å². The molecule has 2 aliphatic heterocycles. The highest BCUT2D eigenvalue weighted by Crippen LogP contribution is 2.41. The first-order valence-corrected chi connectivity index (χ1v) is 14.6. The Balaban J connectivity index is 1.50. The zero-order valence-corrected chi connectivity index (χ0v) is 24.7. The van der Waals surface area contributed by atoms with E-state index in [0.29, 0.717) is 52.1 Å². The van der Waals surface area contributed by atoms with Gasteiger partial charge in [-0.25, -0.2) is 4.99 Å². The van der Waals surface area contributed by atoms with Crippen LogP contribution in [-0.2, 0) is 17.1 Å². The minimum absolute atomic E-state index is 0.0392. The number of hydrogen-bond acceptors (Lipinski definition) is 6. The first kappa shape index (κ1) is 31.9. The van der Waals surface area contributed by atoms with Gasteiger partial charge in [0.25, 0.3) is 11.8 Å². The van der Waals surface area contributed by atoms with Crippen molar-refractivity contribution in [1.82, 2.24) is 4.90 Å². The molecule has 5 rings (SSSR count). The summed E-state index contributed by atoms with van der Waals surface area (Å²) in [6.45, 7) is 2.28. The molecule has 2 heterocycles. The topological polar surface area (TPSA) is 83.0 Å². The van der Waals surface area contributed by atoms with Gasteiger partial charge < -0.3 is 20.3 Å². The Morgan fingerprint density at radius 2 is 1.60 bits per heavy atom. The smallest absolute Gasteiger partial charge is 0.416 e. The molecule has 3 aromatic carbocycles. The number of carbonyl (C=O) groups is 2. The van der Waals surface area contributed by atoms with Gasteiger partial charge in [-0.3, -0.25) is 9.59 Å². The molecule has 2 amide bonds. The predicted octanol–water partition coefficient (Wildman–Crippen LogP) is 7.75. The highest BCUT2D eigenvalue weighted by molar-refractivity contribution is 8.13. The van der Waals surface area contributed by atoms with Gasteiger partial charge in [0.05, 0.1) is 41.2 Å². The van der Waals surface area contributed by atoms with Crippen molar-refractivity contribution in [1.29, 1.82) is 0 Å². The summed E-state index contributed by atoms with van der Waals surface area (Å²) in [7, 11) is 1.48. The summed E-state index contributed by atoms with van der Waals surface area (Å²) in [5.74, 6) is -0.338. The number of hydrogen-bond donors (Lipinski definition) is 2. The SMILES string of the molecule is COc1ccccc1NC(=O)C1=C(C)N=C2SCCCN2C1c1cccc(NC(=O)c2cc(C(F)(F)F)cc(C(F)(F)F)c2)c1. The van der Waals surface area contributed by atoms with Gasteiger partial charge >= 0.3 is 12.4 Å². The molecule has 0 aromatic heterocycles. The summed E-state index contributed by atoms with van der Waals surface area (Å²) in [5.41, 5.74) is -2.12. The van der Waals surface area contributed by atoms with Crippen molar-refractivity contribution < 1.29 is 40.7 Å². The maximum Gasteiger partial charge on any atom is 0.416 e. The molecule has 0 aliphatic carbocycles. The van der Waals surface area contributed by atoms with Gasteiger partial charge in [-0.1, -0.05) is 36.0 Å². The van der Waals surface area contributed by atoms with Crippen molar-refractivity contribution in [2.24, 2.45) is 4.99 Å². The number of anilines is 2. The van der Waals surface area contributed by atoms with Crippen LogP contribution in [0.1, 0.15) is 46.4 Å². The number of methoxy groups -OCH3 is 1. The number of amidine groups is 1. The zero-order valence-electron chi connectivity index (χ0n) is 23.8. The number of para-hydroxylation sites is 2. The van der Waals surface area contributed by atoms with Crippen LogP contribution >= 0.6 is 11.8 Å². The van der Waals surface area contributed by atoms with E-state index in [0.717, 1.165) is 12.2 Å². The standard InChI is InChI=1S/C31H26F6N4O3S/c1-17-25(28(43)40-23-9-3-4-10-24(23)44-2)26(41-11-6-12-45-29(41)38-17)18-7-5-8-22(15-18)39-27(42)19-13-20(30(32,33)34)16-21(14-19)31(35,36)37/h3-5,7-10,13-16,26H,6,11-12H2,1-2H3,(H,39,42)(H,40,43). The Labute approximate surface area is 258 Å². The lowest BCUT2D eigenvalue weighted by Gasteiger charge is -2.41. The fraction of sp³-hybridized carbons (Fsp3) is 0.258. The molecule has 45 heavy (non-hydrogen) atoms. The second kappa shape index (κ2) is 12.5. The molecule has 236 valence electrons. The summed E-state index contributed by atoms with van der Waals surface area (Å²) in [6.07, 6.45) is -9.41. The van der Waals surface area contributed by atoms with Gasteiger partial charge in [0.2, 0.25) is 0 Å². The van der Waals surface area contributed by atoms with Crippen LogP contribution in [-0.4, -0.2) is 41.3 Å². The van der Waals surface area contributed by atoms with Gasteiger partial charge in [-0.2, -0.15) is 26.3 Å². The molecule has 7 nitrogen and oxygen atoms in total. The molecule has 3 aromatic rings. The number of amides is 2. The van der Waals surface area contributed by atoms with Crippen LogP contribution in [0.25, 0.3) is 0 Å². The lowest BCUT2D eigenvalue weighted by atomic mass is 9.93. The summed E-state index contributed by atoms with van der Waals surface area (Å²) < 4.78 is 85.6. The molecule has 2 aliphatic rings. The molecule has 2 N–H and O–H groups in total. The van der Waals surface area contributed by atoms with Crippen molar-refractivity contribution in [3.05, 3.63) is 100 Å². The monoisotopic (exact) mass is 648 g/mol. The highest BCUT2D eigenvalue weighted by atomic mass is 32.2. The third-order valence-corrected chi connectivity index (χ3v) is 8.25. The van der Waals surface area contributed by atoms with E-state index in [4.69, 9.17) is 4.74 Å². The summed E-state index contributed by atoms with van der Waals surface area (Å²) in [5, 5.41) is 6.00. The largest absolute Gasteiger partial charge is 0.495 e. The number of benzene rings is 3. The second-order valence-corrected chi connectivity index (χ2v) is 11.3. The van der Waals surface area contributed by atoms with Crippen molar-refractivity contribution in [3.63, 3.8) is 0 Å². The normalized spacial score (nSPS) is 16.9. The lowest BCUT2D eigenvalue weighted by Crippen LogP contribution is -2.43. The molecule has 0 radical (unpaired) electrons. The molecule has 0 saturated carbocycles. The minimum atomic E-state index is -5.10. The van der Waals surface area contributed by atoms with Crippen molar-refractivity contribution in [2.45, 2.75) is 31.7 Å². The minimum Gasteiger partial charge on any atom is -0.495 e. The average Bonchev–Trinajstić information content (AvgIpc) is 2.99.